The van der Waals surface area contributed by atoms with Gasteiger partial charge in [0.1, 0.15) is 6.61 Å². The van der Waals surface area contributed by atoms with Gasteiger partial charge in [-0.15, -0.1) is 0 Å². The molecule has 0 aliphatic rings. The van der Waals surface area contributed by atoms with Gasteiger partial charge in [-0.1, -0.05) is 193 Å². The molecule has 1 aromatic rings. The van der Waals surface area contributed by atoms with Gasteiger partial charge in [0.2, 0.25) is 0 Å². The second kappa shape index (κ2) is 36.4. The number of carboxylic acid groups (broad SMARTS) is 1. The molecule has 0 saturated carbocycles. The third-order valence-corrected chi connectivity index (χ3v) is 9.70. The van der Waals surface area contributed by atoms with Gasteiger partial charge in [0.25, 0.3) is 0 Å². The number of unbranched alkanes of at least 4 members (excludes halogenated alkanes) is 26. The summed E-state index contributed by atoms with van der Waals surface area (Å²) >= 11 is 0. The zero-order valence-electron chi connectivity index (χ0n) is 33.1. The monoisotopic (exact) mass is 719 g/mol. The summed E-state index contributed by atoms with van der Waals surface area (Å²) < 4.78 is 23.2. The molecular weight excluding hydrogens is 640 g/mol. The number of aromatic carboxylic acids is 1. The summed E-state index contributed by atoms with van der Waals surface area (Å²) in [4.78, 5) is 23.8. The van der Waals surface area contributed by atoms with Crippen molar-refractivity contribution in [2.75, 3.05) is 33.0 Å². The Labute approximate surface area is 313 Å². The van der Waals surface area contributed by atoms with Crippen LogP contribution in [-0.2, 0) is 18.9 Å². The lowest BCUT2D eigenvalue weighted by Crippen LogP contribution is -2.26. The summed E-state index contributed by atoms with van der Waals surface area (Å²) in [6.45, 7) is 6.31. The van der Waals surface area contributed by atoms with Crippen LogP contribution in [0.3, 0.4) is 0 Å². The molecule has 0 fully saturated rings. The Balaban J connectivity index is 2.22. The van der Waals surface area contributed by atoms with Crippen molar-refractivity contribution in [1.29, 1.82) is 0 Å². The van der Waals surface area contributed by atoms with Crippen LogP contribution in [0.4, 0.5) is 0 Å². The molecule has 0 aromatic heterocycles. The summed E-state index contributed by atoms with van der Waals surface area (Å²) in [5, 5.41) is 9.33. The van der Waals surface area contributed by atoms with E-state index >= 15 is 0 Å². The predicted molar refractivity (Wildman–Crippen MR) is 211 cm³/mol. The maximum atomic E-state index is 12.4. The molecule has 1 N–H and O–H groups in total. The van der Waals surface area contributed by atoms with Crippen LogP contribution in [0, 0.1) is 0 Å². The van der Waals surface area contributed by atoms with E-state index in [1.54, 1.807) is 12.1 Å². The number of rotatable bonds is 39. The van der Waals surface area contributed by atoms with Crippen molar-refractivity contribution in [2.45, 2.75) is 200 Å². The van der Waals surface area contributed by atoms with E-state index < -0.39 is 18.2 Å². The highest BCUT2D eigenvalue weighted by Crippen LogP contribution is 2.15. The van der Waals surface area contributed by atoms with Crippen molar-refractivity contribution in [3.8, 4) is 0 Å². The minimum atomic E-state index is -1.16. The van der Waals surface area contributed by atoms with Crippen LogP contribution in [0.15, 0.2) is 24.3 Å². The van der Waals surface area contributed by atoms with Crippen LogP contribution in [0.1, 0.15) is 214 Å². The first kappa shape index (κ1) is 47.1. The molecule has 1 rings (SSSR count). The molecule has 0 atom stereocenters. The van der Waals surface area contributed by atoms with Gasteiger partial charge in [0.05, 0.1) is 24.3 Å². The van der Waals surface area contributed by atoms with Crippen LogP contribution in [0.2, 0.25) is 0 Å². The van der Waals surface area contributed by atoms with E-state index in [0.717, 1.165) is 25.7 Å². The molecule has 296 valence electrons. The molecule has 7 nitrogen and oxygen atoms in total. The summed E-state index contributed by atoms with van der Waals surface area (Å²) in [5.41, 5.74) is -0.0341. The van der Waals surface area contributed by atoms with Crippen molar-refractivity contribution < 1.29 is 33.6 Å². The zero-order chi connectivity index (χ0) is 36.9. The molecule has 0 heterocycles. The van der Waals surface area contributed by atoms with E-state index in [1.807, 2.05) is 0 Å². The van der Waals surface area contributed by atoms with Crippen LogP contribution in [0.5, 0.6) is 0 Å². The van der Waals surface area contributed by atoms with Gasteiger partial charge >= 0.3 is 11.9 Å². The zero-order valence-corrected chi connectivity index (χ0v) is 33.1. The fourth-order valence-electron chi connectivity index (χ4n) is 6.47. The maximum Gasteiger partial charge on any atom is 0.339 e. The Morgan fingerprint density at radius 1 is 0.490 bits per heavy atom. The fraction of sp³-hybridized carbons (Fsp3) is 0.818. The number of carboxylic acids is 1. The van der Waals surface area contributed by atoms with E-state index in [9.17, 15) is 14.7 Å². The molecular formula is C44H78O7. The van der Waals surface area contributed by atoms with Crippen LogP contribution < -0.4 is 0 Å². The first-order valence-electron chi connectivity index (χ1n) is 21.4. The molecule has 0 unspecified atom stereocenters. The van der Waals surface area contributed by atoms with Gasteiger partial charge in [-0.05, 0) is 25.0 Å². The SMILES string of the molecule is CCCCCCCCCCCCCCCCOC(COCCOC(=O)c1ccccc1C(=O)O)OCCCCCCCCCCCCCCCC. The van der Waals surface area contributed by atoms with Gasteiger partial charge in [0, 0.05) is 13.2 Å². The van der Waals surface area contributed by atoms with Crippen LogP contribution in [-0.4, -0.2) is 56.4 Å². The van der Waals surface area contributed by atoms with Gasteiger partial charge in [-0.3, -0.25) is 0 Å². The average Bonchev–Trinajstić information content (AvgIpc) is 3.14. The number of carbonyl (C=O) groups is 2. The molecule has 7 heteroatoms. The third kappa shape index (κ3) is 29.2. The van der Waals surface area contributed by atoms with Crippen molar-refractivity contribution in [3.63, 3.8) is 0 Å². The van der Waals surface area contributed by atoms with Gasteiger partial charge < -0.3 is 24.1 Å². The van der Waals surface area contributed by atoms with E-state index in [0.29, 0.717) is 13.2 Å². The fourth-order valence-corrected chi connectivity index (χ4v) is 6.47. The molecule has 0 aliphatic carbocycles. The molecule has 0 spiro atoms. The molecule has 0 bridgehead atoms. The molecule has 0 saturated heterocycles. The standard InChI is InChI=1S/C44H78O7/c1-3-5-7-9-11-13-15-17-19-21-23-25-27-31-35-49-42(39-48-37-38-51-44(47)41-34-30-29-33-40(41)43(45)46)50-36-32-28-26-24-22-20-18-16-14-12-10-8-6-4-2/h29-30,33-34,42H,3-28,31-32,35-39H2,1-2H3,(H,45,46). The number of hydrogen-bond donors (Lipinski definition) is 1. The second-order valence-electron chi connectivity index (χ2n) is 14.4. The molecule has 1 aromatic carbocycles. The topological polar surface area (TPSA) is 91.3 Å². The van der Waals surface area contributed by atoms with Gasteiger partial charge in [-0.25, -0.2) is 9.59 Å². The molecule has 0 aliphatic heterocycles. The van der Waals surface area contributed by atoms with Gasteiger partial charge in [0.15, 0.2) is 6.29 Å². The highest BCUT2D eigenvalue weighted by Gasteiger charge is 2.17. The normalized spacial score (nSPS) is 11.4. The van der Waals surface area contributed by atoms with Crippen LogP contribution >= 0.6 is 0 Å². The average molecular weight is 719 g/mol. The summed E-state index contributed by atoms with van der Waals surface area (Å²) in [6, 6.07) is 6.06. The number of benzene rings is 1. The first-order chi connectivity index (χ1) is 25.1. The minimum absolute atomic E-state index is 0.0252. The Hall–Kier alpha value is -1.96. The smallest absolute Gasteiger partial charge is 0.339 e. The van der Waals surface area contributed by atoms with Crippen molar-refractivity contribution in [3.05, 3.63) is 35.4 Å². The summed E-state index contributed by atoms with van der Waals surface area (Å²) in [7, 11) is 0. The lowest BCUT2D eigenvalue weighted by atomic mass is 10.0. The Kier molecular flexibility index (Phi) is 33.6. The highest BCUT2D eigenvalue weighted by molar-refractivity contribution is 6.02. The summed E-state index contributed by atoms with van der Waals surface area (Å²) in [6.07, 6.45) is 36.6. The Morgan fingerprint density at radius 2 is 0.843 bits per heavy atom. The minimum Gasteiger partial charge on any atom is -0.478 e. The number of hydrogen-bond acceptors (Lipinski definition) is 6. The van der Waals surface area contributed by atoms with Crippen molar-refractivity contribution in [1.82, 2.24) is 0 Å². The van der Waals surface area contributed by atoms with Crippen LogP contribution in [0.25, 0.3) is 0 Å². The quantitative estimate of drug-likeness (QED) is 0.0411. The Morgan fingerprint density at radius 3 is 1.22 bits per heavy atom. The first-order valence-corrected chi connectivity index (χ1v) is 21.4. The molecule has 0 amide bonds. The molecule has 51 heavy (non-hydrogen) atoms. The lowest BCUT2D eigenvalue weighted by molar-refractivity contribution is -0.174. The summed E-state index contributed by atoms with van der Waals surface area (Å²) in [5.74, 6) is -1.83. The van der Waals surface area contributed by atoms with E-state index in [1.165, 1.54) is 166 Å². The number of ether oxygens (including phenoxy) is 4. The third-order valence-electron chi connectivity index (χ3n) is 9.70. The van der Waals surface area contributed by atoms with E-state index in [-0.39, 0.29) is 30.9 Å². The Bertz CT molecular complexity index is 886. The van der Waals surface area contributed by atoms with Gasteiger partial charge in [-0.2, -0.15) is 0 Å². The highest BCUT2D eigenvalue weighted by atomic mass is 16.7. The predicted octanol–water partition coefficient (Wildman–Crippen LogP) is 12.9. The number of carbonyl (C=O) groups excluding carboxylic acids is 1. The molecule has 0 radical (unpaired) electrons. The van der Waals surface area contributed by atoms with E-state index in [4.69, 9.17) is 18.9 Å². The second-order valence-corrected chi connectivity index (χ2v) is 14.4. The van der Waals surface area contributed by atoms with Crippen molar-refractivity contribution >= 4 is 11.9 Å². The van der Waals surface area contributed by atoms with E-state index in [2.05, 4.69) is 13.8 Å². The number of esters is 1. The largest absolute Gasteiger partial charge is 0.478 e. The lowest BCUT2D eigenvalue weighted by Gasteiger charge is -2.19. The van der Waals surface area contributed by atoms with Crippen molar-refractivity contribution in [2.24, 2.45) is 0 Å². The maximum absolute atomic E-state index is 12.4.